The van der Waals surface area contributed by atoms with Gasteiger partial charge in [-0.25, -0.2) is 8.78 Å². The predicted molar refractivity (Wildman–Crippen MR) is 153 cm³/mol. The number of amides is 2. The summed E-state index contributed by atoms with van der Waals surface area (Å²) in [4.78, 5) is 28.9. The summed E-state index contributed by atoms with van der Waals surface area (Å²) in [6.45, 7) is 3.13. The van der Waals surface area contributed by atoms with Crippen molar-refractivity contribution in [2.75, 3.05) is 12.4 Å². The minimum atomic E-state index is -1.28. The van der Waals surface area contributed by atoms with Gasteiger partial charge < -0.3 is 25.6 Å². The zero-order valence-electron chi connectivity index (χ0n) is 23.0. The molecule has 0 atom stereocenters. The number of nitrogens with one attached hydrogen (secondary N) is 1. The van der Waals surface area contributed by atoms with Crippen molar-refractivity contribution < 1.29 is 33.0 Å². The summed E-state index contributed by atoms with van der Waals surface area (Å²) in [5.74, 6) is 3.59. The van der Waals surface area contributed by atoms with Crippen LogP contribution in [-0.4, -0.2) is 34.6 Å². The minimum Gasteiger partial charge on any atom is -0.495 e. The molecule has 214 valence electrons. The van der Waals surface area contributed by atoms with Crippen molar-refractivity contribution >= 4 is 28.4 Å². The molecule has 3 aromatic carbocycles. The molecule has 0 spiro atoms. The third-order valence-corrected chi connectivity index (χ3v) is 6.87. The number of aromatic nitrogens is 1. The molecule has 0 saturated heterocycles. The number of nitrogens with zero attached hydrogens (tertiary/aromatic N) is 1. The number of carbonyl (C=O) groups is 2. The lowest BCUT2D eigenvalue weighted by molar-refractivity contribution is -0.132. The molecule has 5 rings (SSSR count). The van der Waals surface area contributed by atoms with Gasteiger partial charge in [0, 0.05) is 22.8 Å². The van der Waals surface area contributed by atoms with Crippen LogP contribution in [0.25, 0.3) is 22.0 Å². The number of benzene rings is 3. The van der Waals surface area contributed by atoms with Crippen LogP contribution in [0.4, 0.5) is 14.5 Å². The van der Waals surface area contributed by atoms with Crippen molar-refractivity contribution in [1.29, 1.82) is 0 Å². The summed E-state index contributed by atoms with van der Waals surface area (Å²) in [7, 11) is 1.48. The maximum absolute atomic E-state index is 15.4. The molecular formula is C32H27F2N3O5. The Hall–Kier alpha value is -5.01. The highest BCUT2D eigenvalue weighted by Crippen LogP contribution is 2.47. The summed E-state index contributed by atoms with van der Waals surface area (Å²) in [5.41, 5.74) is 4.62. The molecule has 1 aromatic heterocycles. The van der Waals surface area contributed by atoms with Crippen LogP contribution >= 0.6 is 0 Å². The van der Waals surface area contributed by atoms with Crippen LogP contribution in [0.15, 0.2) is 60.8 Å². The molecule has 8 nitrogen and oxygen atoms in total. The highest BCUT2D eigenvalue weighted by atomic mass is 19.1. The Balaban J connectivity index is 1.46. The van der Waals surface area contributed by atoms with Crippen molar-refractivity contribution in [3.05, 3.63) is 78.0 Å². The average Bonchev–Trinajstić information content (AvgIpc) is 3.76. The molecule has 1 aliphatic carbocycles. The number of fused-ring (bicyclic) bond motifs is 1. The number of carbonyl (C=O) groups excluding carboxylic acids is 2. The van der Waals surface area contributed by atoms with Crippen molar-refractivity contribution in [2.45, 2.75) is 32.3 Å². The second kappa shape index (κ2) is 10.8. The van der Waals surface area contributed by atoms with Crippen LogP contribution in [-0.2, 0) is 9.59 Å². The largest absolute Gasteiger partial charge is 0.495 e. The maximum Gasteiger partial charge on any atom is 0.240 e. The molecule has 0 radical (unpaired) electrons. The molecule has 4 aromatic rings. The fraction of sp³-hybridized carbons (Fsp3) is 0.219. The van der Waals surface area contributed by atoms with E-state index in [1.807, 2.05) is 0 Å². The number of hydrogen-bond acceptors (Lipinski definition) is 6. The molecule has 0 unspecified atom stereocenters. The highest BCUT2D eigenvalue weighted by Gasteiger charge is 2.55. The number of rotatable bonds is 7. The van der Waals surface area contributed by atoms with Crippen molar-refractivity contribution in [3.63, 3.8) is 0 Å². The molecule has 1 aliphatic rings. The van der Waals surface area contributed by atoms with Gasteiger partial charge in [0.1, 0.15) is 28.3 Å². The number of anilines is 1. The monoisotopic (exact) mass is 571 g/mol. The number of aliphatic hydroxyl groups is 1. The quantitative estimate of drug-likeness (QED) is 0.204. The SMILES string of the molecule is COc1cc2c(Oc3ccc(-c4cc(F)ccc4NC(=O)C4(C(N)=O)CC4)cc3F)ccnc2cc1C#CC(C)(C)O. The molecule has 4 N–H and O–H groups in total. The topological polar surface area (TPSA) is 124 Å². The average molecular weight is 572 g/mol. The van der Waals surface area contributed by atoms with Gasteiger partial charge in [0.15, 0.2) is 11.6 Å². The molecule has 0 bridgehead atoms. The summed E-state index contributed by atoms with van der Waals surface area (Å²) < 4.78 is 41.0. The van der Waals surface area contributed by atoms with Gasteiger partial charge >= 0.3 is 0 Å². The van der Waals surface area contributed by atoms with Gasteiger partial charge in [-0.3, -0.25) is 14.6 Å². The van der Waals surface area contributed by atoms with Crippen LogP contribution in [0.2, 0.25) is 0 Å². The smallest absolute Gasteiger partial charge is 0.240 e. The van der Waals surface area contributed by atoms with Gasteiger partial charge in [0.25, 0.3) is 0 Å². The lowest BCUT2D eigenvalue weighted by Gasteiger charge is -2.16. The van der Waals surface area contributed by atoms with E-state index in [0.29, 0.717) is 40.8 Å². The Morgan fingerprint density at radius 1 is 1.05 bits per heavy atom. The Kier molecular flexibility index (Phi) is 7.31. The highest BCUT2D eigenvalue weighted by molar-refractivity contribution is 6.13. The number of halogens is 2. The predicted octanol–water partition coefficient (Wildman–Crippen LogP) is 5.31. The summed E-state index contributed by atoms with van der Waals surface area (Å²) in [5, 5.41) is 13.1. The third-order valence-electron chi connectivity index (χ3n) is 6.87. The van der Waals surface area contributed by atoms with Crippen molar-refractivity contribution in [1.82, 2.24) is 4.98 Å². The van der Waals surface area contributed by atoms with Gasteiger partial charge in [0.2, 0.25) is 11.8 Å². The number of nitrogens with two attached hydrogens (primary N) is 1. The first-order valence-corrected chi connectivity index (χ1v) is 13.0. The first-order valence-electron chi connectivity index (χ1n) is 13.0. The third kappa shape index (κ3) is 5.73. The van der Waals surface area contributed by atoms with E-state index in [2.05, 4.69) is 22.1 Å². The van der Waals surface area contributed by atoms with E-state index in [0.717, 1.165) is 18.2 Å². The molecule has 10 heteroatoms. The van der Waals surface area contributed by atoms with E-state index in [9.17, 15) is 19.1 Å². The lowest BCUT2D eigenvalue weighted by atomic mass is 10.0. The Morgan fingerprint density at radius 3 is 2.45 bits per heavy atom. The van der Waals surface area contributed by atoms with Gasteiger partial charge in [-0.2, -0.15) is 0 Å². The first kappa shape index (κ1) is 28.5. The number of primary amides is 1. The van der Waals surface area contributed by atoms with Crippen LogP contribution in [0.5, 0.6) is 17.2 Å². The van der Waals surface area contributed by atoms with Crippen molar-refractivity contribution in [2.24, 2.45) is 11.1 Å². The van der Waals surface area contributed by atoms with E-state index in [1.54, 1.807) is 32.0 Å². The van der Waals surface area contributed by atoms with Crippen molar-refractivity contribution in [3.8, 4) is 40.2 Å². The molecule has 2 amide bonds. The standard InChI is InChI=1S/C32H27F2N3O5/c1-31(2,40)10-8-19-15-25-22(17-28(19)41-3)26(9-13-36-25)42-27-7-4-18(14-23(27)34)21-16-20(33)5-6-24(21)37-30(39)32(11-12-32)29(35)38/h4-7,9,13-17,40H,11-12H2,1-3H3,(H2,35,38)(H,37,39). The Bertz CT molecular complexity index is 1800. The molecule has 1 saturated carbocycles. The summed E-state index contributed by atoms with van der Waals surface area (Å²) in [6, 6.07) is 12.7. The molecule has 1 fully saturated rings. The number of methoxy groups -OCH3 is 1. The Labute approximate surface area is 240 Å². The fourth-order valence-electron chi connectivity index (χ4n) is 4.41. The fourth-order valence-corrected chi connectivity index (χ4v) is 4.41. The normalized spacial score (nSPS) is 13.6. The Morgan fingerprint density at radius 2 is 1.81 bits per heavy atom. The van der Waals surface area contributed by atoms with Crippen LogP contribution in [0.1, 0.15) is 32.3 Å². The van der Waals surface area contributed by atoms with E-state index < -0.39 is 34.5 Å². The van der Waals surface area contributed by atoms with E-state index in [-0.39, 0.29) is 22.6 Å². The van der Waals surface area contributed by atoms with Crippen LogP contribution < -0.4 is 20.5 Å². The second-order valence-corrected chi connectivity index (χ2v) is 10.5. The summed E-state index contributed by atoms with van der Waals surface area (Å²) in [6.07, 6.45) is 2.16. The molecule has 0 aliphatic heterocycles. The first-order chi connectivity index (χ1) is 19.9. The number of pyridine rings is 1. The van der Waals surface area contributed by atoms with E-state index in [1.165, 1.54) is 31.5 Å². The van der Waals surface area contributed by atoms with Crippen LogP contribution in [0.3, 0.4) is 0 Å². The number of hydrogen-bond donors (Lipinski definition) is 3. The zero-order valence-corrected chi connectivity index (χ0v) is 23.0. The van der Waals surface area contributed by atoms with Gasteiger partial charge in [-0.1, -0.05) is 17.9 Å². The van der Waals surface area contributed by atoms with Gasteiger partial charge in [0.05, 0.1) is 18.2 Å². The van der Waals surface area contributed by atoms with Crippen LogP contribution in [0, 0.1) is 28.9 Å². The lowest BCUT2D eigenvalue weighted by Crippen LogP contribution is -2.36. The molecule has 42 heavy (non-hydrogen) atoms. The summed E-state index contributed by atoms with van der Waals surface area (Å²) >= 11 is 0. The van der Waals surface area contributed by atoms with E-state index in [4.69, 9.17) is 15.2 Å². The molecule has 1 heterocycles. The second-order valence-electron chi connectivity index (χ2n) is 10.5. The maximum atomic E-state index is 15.4. The van der Waals surface area contributed by atoms with E-state index >= 15 is 4.39 Å². The van der Waals surface area contributed by atoms with Gasteiger partial charge in [-0.05, 0) is 80.8 Å². The molecular weight excluding hydrogens is 544 g/mol. The minimum absolute atomic E-state index is 0.108. The van der Waals surface area contributed by atoms with Gasteiger partial charge in [-0.15, -0.1) is 0 Å². The zero-order chi connectivity index (χ0) is 30.2. The number of ether oxygens (including phenoxy) is 2.